The number of hydrogen-bond acceptors (Lipinski definition) is 2. The van der Waals surface area contributed by atoms with Crippen LogP contribution in [0.1, 0.15) is 29.6 Å². The first-order valence-electron chi connectivity index (χ1n) is 7.37. The second-order valence-electron chi connectivity index (χ2n) is 5.71. The zero-order chi connectivity index (χ0) is 14.8. The lowest BCUT2D eigenvalue weighted by Crippen LogP contribution is -2.39. The van der Waals surface area contributed by atoms with Gasteiger partial charge in [0.2, 0.25) is 0 Å². The maximum atomic E-state index is 12.4. The van der Waals surface area contributed by atoms with Crippen LogP contribution in [-0.2, 0) is 0 Å². The molecule has 0 spiro atoms. The van der Waals surface area contributed by atoms with E-state index in [0.717, 1.165) is 34.5 Å². The lowest BCUT2D eigenvalue weighted by atomic mass is 10.0. The van der Waals surface area contributed by atoms with Gasteiger partial charge in [-0.15, -0.1) is 12.4 Å². The van der Waals surface area contributed by atoms with E-state index in [1.165, 1.54) is 0 Å². The quantitative estimate of drug-likeness (QED) is 0.845. The molecule has 118 valence electrons. The van der Waals surface area contributed by atoms with Crippen molar-refractivity contribution in [3.63, 3.8) is 0 Å². The van der Waals surface area contributed by atoms with E-state index in [4.69, 9.17) is 5.73 Å². The summed E-state index contributed by atoms with van der Waals surface area (Å²) in [6.07, 6.45) is 3.31. The van der Waals surface area contributed by atoms with Crippen LogP contribution in [0.5, 0.6) is 0 Å². The lowest BCUT2D eigenvalue weighted by molar-refractivity contribution is 0.0929. The second-order valence-corrected chi connectivity index (χ2v) is 6.63. The summed E-state index contributed by atoms with van der Waals surface area (Å²) in [5, 5.41) is 5.35. The summed E-state index contributed by atoms with van der Waals surface area (Å²) >= 11 is 3.46. The molecule has 3 N–H and O–H groups in total. The molecule has 3 rings (SSSR count). The molecule has 3 nitrogen and oxygen atoms in total. The highest BCUT2D eigenvalue weighted by atomic mass is 79.9. The standard InChI is InChI=1S/C17H19BrN2O.ClH/c18-15-7-6-11-8-13(5-4-12(11)9-15)17(21)20-16-3-1-2-14(16)10-19;/h4-9,14,16H,1-3,10,19H2,(H,20,21);1H. The normalized spacial score (nSPS) is 20.6. The Hall–Kier alpha value is -1.10. The first kappa shape index (κ1) is 17.3. The van der Waals surface area contributed by atoms with Gasteiger partial charge in [0.05, 0.1) is 0 Å². The van der Waals surface area contributed by atoms with Crippen molar-refractivity contribution in [2.24, 2.45) is 11.7 Å². The lowest BCUT2D eigenvalue weighted by Gasteiger charge is -2.19. The molecule has 0 aromatic heterocycles. The molecule has 2 aromatic carbocycles. The minimum Gasteiger partial charge on any atom is -0.349 e. The van der Waals surface area contributed by atoms with E-state index in [1.54, 1.807) is 0 Å². The predicted octanol–water partition coefficient (Wildman–Crippen LogP) is 3.88. The van der Waals surface area contributed by atoms with Crippen molar-refractivity contribution in [3.05, 3.63) is 46.4 Å². The summed E-state index contributed by atoms with van der Waals surface area (Å²) in [4.78, 5) is 12.4. The van der Waals surface area contributed by atoms with E-state index in [2.05, 4.69) is 27.3 Å². The van der Waals surface area contributed by atoms with Gasteiger partial charge >= 0.3 is 0 Å². The van der Waals surface area contributed by atoms with Gasteiger partial charge in [0.1, 0.15) is 0 Å². The van der Waals surface area contributed by atoms with E-state index in [1.807, 2.05) is 30.3 Å². The molecule has 1 aliphatic carbocycles. The topological polar surface area (TPSA) is 55.1 Å². The summed E-state index contributed by atoms with van der Waals surface area (Å²) in [6, 6.07) is 12.1. The Bertz CT molecular complexity index is 677. The Morgan fingerprint density at radius 2 is 1.91 bits per heavy atom. The molecule has 2 aromatic rings. The van der Waals surface area contributed by atoms with Crippen molar-refractivity contribution < 1.29 is 4.79 Å². The van der Waals surface area contributed by atoms with E-state index in [9.17, 15) is 4.79 Å². The molecule has 1 fully saturated rings. The van der Waals surface area contributed by atoms with Crippen LogP contribution in [-0.4, -0.2) is 18.5 Å². The molecule has 22 heavy (non-hydrogen) atoms. The molecule has 0 bridgehead atoms. The van der Waals surface area contributed by atoms with E-state index in [-0.39, 0.29) is 24.4 Å². The van der Waals surface area contributed by atoms with Crippen molar-refractivity contribution in [2.45, 2.75) is 25.3 Å². The second kappa shape index (κ2) is 7.44. The van der Waals surface area contributed by atoms with Crippen LogP contribution in [0, 0.1) is 5.92 Å². The first-order valence-corrected chi connectivity index (χ1v) is 8.17. The predicted molar refractivity (Wildman–Crippen MR) is 96.5 cm³/mol. The van der Waals surface area contributed by atoms with Crippen molar-refractivity contribution >= 4 is 45.0 Å². The van der Waals surface area contributed by atoms with Gasteiger partial charge in [-0.2, -0.15) is 0 Å². The summed E-state index contributed by atoms with van der Waals surface area (Å²) in [7, 11) is 0. The number of amides is 1. The zero-order valence-corrected chi connectivity index (χ0v) is 14.6. The van der Waals surface area contributed by atoms with Gasteiger partial charge in [0, 0.05) is 16.1 Å². The molecule has 1 saturated carbocycles. The molecule has 5 heteroatoms. The van der Waals surface area contributed by atoms with Crippen molar-refractivity contribution in [2.75, 3.05) is 6.54 Å². The molecule has 0 aliphatic heterocycles. The monoisotopic (exact) mass is 382 g/mol. The van der Waals surface area contributed by atoms with Crippen LogP contribution < -0.4 is 11.1 Å². The number of carbonyl (C=O) groups excluding carboxylic acids is 1. The van der Waals surface area contributed by atoms with E-state index < -0.39 is 0 Å². The van der Waals surface area contributed by atoms with E-state index in [0.29, 0.717) is 18.0 Å². The number of fused-ring (bicyclic) bond motifs is 1. The van der Waals surface area contributed by atoms with Crippen LogP contribution in [0.3, 0.4) is 0 Å². The number of benzene rings is 2. The van der Waals surface area contributed by atoms with E-state index >= 15 is 0 Å². The minimum absolute atomic E-state index is 0. The highest BCUT2D eigenvalue weighted by molar-refractivity contribution is 9.10. The molecule has 0 radical (unpaired) electrons. The fourth-order valence-electron chi connectivity index (χ4n) is 3.12. The third-order valence-electron chi connectivity index (χ3n) is 4.34. The largest absolute Gasteiger partial charge is 0.349 e. The molecular formula is C17H20BrClN2O. The van der Waals surface area contributed by atoms with Gasteiger partial charge in [0.25, 0.3) is 5.91 Å². The molecule has 0 heterocycles. The number of nitrogens with one attached hydrogen (secondary N) is 1. The van der Waals surface area contributed by atoms with Crippen LogP contribution in [0.15, 0.2) is 40.9 Å². The zero-order valence-electron chi connectivity index (χ0n) is 12.2. The summed E-state index contributed by atoms with van der Waals surface area (Å²) in [5.74, 6) is 0.426. The van der Waals surface area contributed by atoms with Crippen molar-refractivity contribution in [1.29, 1.82) is 0 Å². The fraction of sp³-hybridized carbons (Fsp3) is 0.353. The number of hydrogen-bond donors (Lipinski definition) is 2. The smallest absolute Gasteiger partial charge is 0.251 e. The summed E-state index contributed by atoms with van der Waals surface area (Å²) in [6.45, 7) is 0.649. The number of carbonyl (C=O) groups is 1. The third kappa shape index (κ3) is 3.62. The highest BCUT2D eigenvalue weighted by Gasteiger charge is 2.27. The number of rotatable bonds is 3. The average molecular weight is 384 g/mol. The molecule has 0 saturated heterocycles. The van der Waals surface area contributed by atoms with Crippen LogP contribution in [0.4, 0.5) is 0 Å². The van der Waals surface area contributed by atoms with Gasteiger partial charge in [-0.3, -0.25) is 4.79 Å². The molecular weight excluding hydrogens is 364 g/mol. The molecule has 2 unspecified atom stereocenters. The SMILES string of the molecule is Cl.NCC1CCCC1NC(=O)c1ccc2cc(Br)ccc2c1. The molecule has 1 amide bonds. The Labute approximate surface area is 145 Å². The first-order chi connectivity index (χ1) is 10.2. The van der Waals surface area contributed by atoms with Crippen LogP contribution in [0.2, 0.25) is 0 Å². The molecule has 2 atom stereocenters. The van der Waals surface area contributed by atoms with Gasteiger partial charge in [0.15, 0.2) is 0 Å². The Morgan fingerprint density at radius 3 is 2.68 bits per heavy atom. The summed E-state index contributed by atoms with van der Waals surface area (Å²) in [5.41, 5.74) is 6.49. The van der Waals surface area contributed by atoms with Gasteiger partial charge in [-0.05, 0) is 60.3 Å². The van der Waals surface area contributed by atoms with Crippen LogP contribution in [0.25, 0.3) is 10.8 Å². The maximum Gasteiger partial charge on any atom is 0.251 e. The van der Waals surface area contributed by atoms with Crippen molar-refractivity contribution in [3.8, 4) is 0 Å². The van der Waals surface area contributed by atoms with Gasteiger partial charge in [-0.1, -0.05) is 34.5 Å². The number of nitrogens with two attached hydrogens (primary N) is 1. The highest BCUT2D eigenvalue weighted by Crippen LogP contribution is 2.25. The Balaban J connectivity index is 0.00000176. The van der Waals surface area contributed by atoms with Crippen LogP contribution >= 0.6 is 28.3 Å². The van der Waals surface area contributed by atoms with Gasteiger partial charge < -0.3 is 11.1 Å². The summed E-state index contributed by atoms with van der Waals surface area (Å²) < 4.78 is 1.05. The fourth-order valence-corrected chi connectivity index (χ4v) is 3.50. The Kier molecular flexibility index (Phi) is 5.84. The molecule has 1 aliphatic rings. The van der Waals surface area contributed by atoms with Crippen molar-refractivity contribution in [1.82, 2.24) is 5.32 Å². The maximum absolute atomic E-state index is 12.4. The Morgan fingerprint density at radius 1 is 1.18 bits per heavy atom. The average Bonchev–Trinajstić information content (AvgIpc) is 2.93. The minimum atomic E-state index is 0. The third-order valence-corrected chi connectivity index (χ3v) is 4.84. The number of halogens is 2. The van der Waals surface area contributed by atoms with Gasteiger partial charge in [-0.25, -0.2) is 0 Å².